The summed E-state index contributed by atoms with van der Waals surface area (Å²) in [7, 11) is 0. The summed E-state index contributed by atoms with van der Waals surface area (Å²) in [5.74, 6) is -1.58. The van der Waals surface area contributed by atoms with Gasteiger partial charge in [-0.15, -0.1) is 0 Å². The second kappa shape index (κ2) is 8.92. The number of hydrogen-bond acceptors (Lipinski definition) is 5. The third kappa shape index (κ3) is 6.95. The fraction of sp³-hybridized carbons (Fsp3) is 0.471. The fourth-order valence-corrected chi connectivity index (χ4v) is 1.41. The van der Waals surface area contributed by atoms with Gasteiger partial charge in [0.1, 0.15) is 18.8 Å². The molecule has 0 aromatic rings. The van der Waals surface area contributed by atoms with Gasteiger partial charge in [-0.1, -0.05) is 26.7 Å². The molecule has 0 aliphatic rings. The van der Waals surface area contributed by atoms with E-state index in [0.717, 1.165) is 0 Å². The van der Waals surface area contributed by atoms with E-state index in [4.69, 9.17) is 9.47 Å². The Morgan fingerprint density at radius 2 is 1.26 bits per heavy atom. The summed E-state index contributed by atoms with van der Waals surface area (Å²) in [6.07, 6.45) is 0.374. The monoisotopic (exact) mass is 323 g/mol. The van der Waals surface area contributed by atoms with Gasteiger partial charge in [0.25, 0.3) is 0 Å². The standard InChI is InChI=1S/C17H25NO5/c1-8-17(18-14(19)11(2)3,9-22-15(20)12(4)5)10-23-16(21)13(6)7/h2,4,6,8-10H2,1,3,5,7H3,(H,18,19). The molecule has 23 heavy (non-hydrogen) atoms. The van der Waals surface area contributed by atoms with Crippen LogP contribution in [0.15, 0.2) is 36.5 Å². The molecule has 0 heterocycles. The van der Waals surface area contributed by atoms with Crippen molar-refractivity contribution in [3.8, 4) is 0 Å². The molecule has 0 atom stereocenters. The molecule has 1 N–H and O–H groups in total. The maximum absolute atomic E-state index is 11.9. The smallest absolute Gasteiger partial charge is 0.333 e. The Morgan fingerprint density at radius 3 is 1.52 bits per heavy atom. The lowest BCUT2D eigenvalue weighted by atomic mass is 9.97. The molecular formula is C17H25NO5. The number of hydrogen-bond donors (Lipinski definition) is 1. The SMILES string of the molecule is C=C(C)C(=O)NC(CC)(COC(=O)C(=C)C)COC(=O)C(=C)C. The van der Waals surface area contributed by atoms with Crippen molar-refractivity contribution in [2.24, 2.45) is 0 Å². The first-order valence-corrected chi connectivity index (χ1v) is 7.18. The number of esters is 2. The van der Waals surface area contributed by atoms with Crippen molar-refractivity contribution < 1.29 is 23.9 Å². The lowest BCUT2D eigenvalue weighted by molar-refractivity contribution is -0.148. The average molecular weight is 323 g/mol. The topological polar surface area (TPSA) is 81.7 Å². The van der Waals surface area contributed by atoms with Gasteiger partial charge in [-0.05, 0) is 27.2 Å². The normalized spacial score (nSPS) is 10.4. The Morgan fingerprint density at radius 1 is 0.870 bits per heavy atom. The highest BCUT2D eigenvalue weighted by Crippen LogP contribution is 2.15. The molecule has 0 aliphatic carbocycles. The lowest BCUT2D eigenvalue weighted by Gasteiger charge is -2.32. The largest absolute Gasteiger partial charge is 0.460 e. The number of nitrogens with one attached hydrogen (secondary N) is 1. The van der Waals surface area contributed by atoms with Crippen LogP contribution in [0.25, 0.3) is 0 Å². The maximum atomic E-state index is 11.9. The number of rotatable bonds is 9. The van der Waals surface area contributed by atoms with Gasteiger partial charge in [0.2, 0.25) is 5.91 Å². The van der Waals surface area contributed by atoms with E-state index >= 15 is 0 Å². The zero-order valence-corrected chi connectivity index (χ0v) is 14.3. The fourth-order valence-electron chi connectivity index (χ4n) is 1.41. The Bertz CT molecular complexity index is 503. The van der Waals surface area contributed by atoms with Crippen molar-refractivity contribution in [3.05, 3.63) is 36.5 Å². The molecule has 0 aromatic carbocycles. The molecule has 0 saturated carbocycles. The molecule has 0 radical (unpaired) electrons. The number of carbonyl (C=O) groups is 3. The first-order chi connectivity index (χ1) is 10.5. The molecule has 0 fully saturated rings. The molecule has 0 unspecified atom stereocenters. The van der Waals surface area contributed by atoms with Crippen molar-refractivity contribution in [1.82, 2.24) is 5.32 Å². The summed E-state index contributed by atoms with van der Waals surface area (Å²) in [5, 5.41) is 2.72. The van der Waals surface area contributed by atoms with Crippen molar-refractivity contribution >= 4 is 17.8 Å². The number of carbonyl (C=O) groups excluding carboxylic acids is 3. The van der Waals surface area contributed by atoms with E-state index in [1.54, 1.807) is 13.8 Å². The highest BCUT2D eigenvalue weighted by molar-refractivity contribution is 5.93. The van der Waals surface area contributed by atoms with E-state index in [1.807, 2.05) is 0 Å². The van der Waals surface area contributed by atoms with Crippen LogP contribution in [0.3, 0.4) is 0 Å². The molecule has 128 valence electrons. The molecule has 0 rings (SSSR count). The minimum Gasteiger partial charge on any atom is -0.460 e. The van der Waals surface area contributed by atoms with E-state index < -0.39 is 23.4 Å². The summed E-state index contributed by atoms with van der Waals surface area (Å²) >= 11 is 0. The van der Waals surface area contributed by atoms with E-state index in [2.05, 4.69) is 25.1 Å². The zero-order chi connectivity index (χ0) is 18.2. The first-order valence-electron chi connectivity index (χ1n) is 7.18. The summed E-state index contributed by atoms with van der Waals surface area (Å²) in [5.41, 5.74) is -0.285. The zero-order valence-electron chi connectivity index (χ0n) is 14.3. The van der Waals surface area contributed by atoms with Gasteiger partial charge in [0.05, 0.1) is 0 Å². The second-order valence-corrected chi connectivity index (χ2v) is 5.58. The van der Waals surface area contributed by atoms with Crippen LogP contribution in [0.1, 0.15) is 34.1 Å². The predicted molar refractivity (Wildman–Crippen MR) is 87.5 cm³/mol. The van der Waals surface area contributed by atoms with E-state index in [1.165, 1.54) is 13.8 Å². The molecular weight excluding hydrogens is 298 g/mol. The highest BCUT2D eigenvalue weighted by atomic mass is 16.5. The Hall–Kier alpha value is -2.37. The van der Waals surface area contributed by atoms with Gasteiger partial charge in [-0.25, -0.2) is 9.59 Å². The molecule has 6 nitrogen and oxygen atoms in total. The first kappa shape index (κ1) is 20.6. The molecule has 0 bridgehead atoms. The second-order valence-electron chi connectivity index (χ2n) is 5.58. The quantitative estimate of drug-likeness (QED) is 0.519. The van der Waals surface area contributed by atoms with Gasteiger partial charge in [-0.2, -0.15) is 0 Å². The third-order valence-corrected chi connectivity index (χ3v) is 3.10. The Labute approximate surface area is 137 Å². The predicted octanol–water partition coefficient (Wildman–Crippen LogP) is 2.07. The van der Waals surface area contributed by atoms with Crippen molar-refractivity contribution in [3.63, 3.8) is 0 Å². The van der Waals surface area contributed by atoms with Crippen molar-refractivity contribution in [2.75, 3.05) is 13.2 Å². The summed E-state index contributed by atoms with van der Waals surface area (Å²) in [4.78, 5) is 35.1. The highest BCUT2D eigenvalue weighted by Gasteiger charge is 2.34. The third-order valence-electron chi connectivity index (χ3n) is 3.10. The van der Waals surface area contributed by atoms with Gasteiger partial charge in [0, 0.05) is 16.7 Å². The van der Waals surface area contributed by atoms with Crippen LogP contribution >= 0.6 is 0 Å². The van der Waals surface area contributed by atoms with Crippen LogP contribution in [-0.2, 0) is 23.9 Å². The van der Waals surface area contributed by atoms with Gasteiger partial charge >= 0.3 is 11.9 Å². The van der Waals surface area contributed by atoms with Crippen LogP contribution in [0, 0.1) is 0 Å². The molecule has 1 amide bonds. The van der Waals surface area contributed by atoms with Crippen LogP contribution in [0.4, 0.5) is 0 Å². The average Bonchev–Trinajstić information content (AvgIpc) is 2.48. The van der Waals surface area contributed by atoms with Crippen LogP contribution < -0.4 is 5.32 Å². The van der Waals surface area contributed by atoms with Gasteiger partial charge in [-0.3, -0.25) is 4.79 Å². The van der Waals surface area contributed by atoms with Crippen LogP contribution in [0.5, 0.6) is 0 Å². The Kier molecular flexibility index (Phi) is 8.00. The van der Waals surface area contributed by atoms with Gasteiger partial charge < -0.3 is 14.8 Å². The Balaban J connectivity index is 5.19. The van der Waals surface area contributed by atoms with E-state index in [-0.39, 0.29) is 24.4 Å². The summed E-state index contributed by atoms with van der Waals surface area (Å²) in [6, 6.07) is 0. The molecule has 6 heteroatoms. The molecule has 0 saturated heterocycles. The minimum atomic E-state index is -1.05. The maximum Gasteiger partial charge on any atom is 0.333 e. The minimum absolute atomic E-state index is 0.155. The summed E-state index contributed by atoms with van der Waals surface area (Å²) in [6.45, 7) is 16.6. The van der Waals surface area contributed by atoms with Crippen LogP contribution in [0.2, 0.25) is 0 Å². The lowest BCUT2D eigenvalue weighted by Crippen LogP contribution is -2.55. The molecule has 0 aromatic heterocycles. The molecule has 0 aliphatic heterocycles. The van der Waals surface area contributed by atoms with E-state index in [9.17, 15) is 14.4 Å². The summed E-state index contributed by atoms with van der Waals surface area (Å²) < 4.78 is 10.3. The van der Waals surface area contributed by atoms with Crippen molar-refractivity contribution in [2.45, 2.75) is 39.7 Å². The molecule has 0 spiro atoms. The van der Waals surface area contributed by atoms with Crippen LogP contribution in [-0.4, -0.2) is 36.6 Å². The van der Waals surface area contributed by atoms with Crippen molar-refractivity contribution in [1.29, 1.82) is 0 Å². The number of amides is 1. The van der Waals surface area contributed by atoms with Gasteiger partial charge in [0.15, 0.2) is 0 Å². The number of ether oxygens (including phenoxy) is 2. The van der Waals surface area contributed by atoms with E-state index in [0.29, 0.717) is 12.0 Å².